The molecule has 0 bridgehead atoms. The third-order valence-electron chi connectivity index (χ3n) is 9.99. The van der Waals surface area contributed by atoms with Gasteiger partial charge in [0.05, 0.1) is 22.4 Å². The minimum atomic E-state index is 0.394. The van der Waals surface area contributed by atoms with Gasteiger partial charge in [0.2, 0.25) is 0 Å². The molecule has 0 N–H and O–H groups in total. The molecule has 3 aromatic carbocycles. The summed E-state index contributed by atoms with van der Waals surface area (Å²) in [6.07, 6.45) is 5.62. The number of para-hydroxylation sites is 1. The lowest BCUT2D eigenvalue weighted by atomic mass is 9.69. The quantitative estimate of drug-likeness (QED) is 0.177. The molecule has 0 saturated heterocycles. The first-order valence-electron chi connectivity index (χ1n) is 16.6. The van der Waals surface area contributed by atoms with Crippen LogP contribution in [-0.2, 0) is 0 Å². The van der Waals surface area contributed by atoms with Gasteiger partial charge in [0, 0.05) is 46.3 Å². The van der Waals surface area contributed by atoms with Crippen LogP contribution in [0.15, 0.2) is 90.6 Å². The predicted octanol–water partition coefficient (Wildman–Crippen LogP) is 10.7. The highest BCUT2D eigenvalue weighted by molar-refractivity contribution is 6.09. The predicted molar refractivity (Wildman–Crippen MR) is 190 cm³/mol. The van der Waals surface area contributed by atoms with Gasteiger partial charge in [-0.3, -0.25) is 4.57 Å². The molecule has 5 heteroatoms. The summed E-state index contributed by atoms with van der Waals surface area (Å²) >= 11 is 0. The minimum absolute atomic E-state index is 0.394. The van der Waals surface area contributed by atoms with Gasteiger partial charge < -0.3 is 4.74 Å². The van der Waals surface area contributed by atoms with Crippen molar-refractivity contribution in [2.24, 2.45) is 17.8 Å². The average molecular weight is 609 g/mol. The fourth-order valence-electron chi connectivity index (χ4n) is 7.81. The van der Waals surface area contributed by atoms with E-state index in [0.717, 1.165) is 45.3 Å². The van der Waals surface area contributed by atoms with Crippen molar-refractivity contribution in [3.63, 3.8) is 0 Å². The van der Waals surface area contributed by atoms with Crippen LogP contribution in [0, 0.1) is 45.4 Å². The third-order valence-corrected chi connectivity index (χ3v) is 9.99. The zero-order valence-corrected chi connectivity index (χ0v) is 28.3. The number of fused-ring (bicyclic) bond motifs is 3. The van der Waals surface area contributed by atoms with E-state index < -0.39 is 0 Å². The SMILES string of the molecule is CC1=C[C@@H](C(C)C)C[C@H](C)[C@@H]1c1c(C)nn(-c2cc(C)cc(Oc3ccc4c5ccccc5n(-c5cc(C)ccn5)c4c3)c2)c1C. The van der Waals surface area contributed by atoms with Gasteiger partial charge in [-0.05, 0) is 112 Å². The summed E-state index contributed by atoms with van der Waals surface area (Å²) in [4.78, 5) is 4.73. The van der Waals surface area contributed by atoms with Crippen LogP contribution in [0.4, 0.5) is 0 Å². The number of ether oxygens (including phenoxy) is 1. The van der Waals surface area contributed by atoms with Crippen LogP contribution in [0.1, 0.15) is 68.1 Å². The third kappa shape index (κ3) is 5.22. The maximum Gasteiger partial charge on any atom is 0.137 e. The lowest BCUT2D eigenvalue weighted by molar-refractivity contribution is 0.317. The minimum Gasteiger partial charge on any atom is -0.457 e. The zero-order valence-electron chi connectivity index (χ0n) is 28.3. The number of hydrogen-bond donors (Lipinski definition) is 0. The Morgan fingerprint density at radius 1 is 0.804 bits per heavy atom. The summed E-state index contributed by atoms with van der Waals surface area (Å²) < 4.78 is 11.0. The van der Waals surface area contributed by atoms with Crippen LogP contribution in [0.3, 0.4) is 0 Å². The van der Waals surface area contributed by atoms with E-state index >= 15 is 0 Å². The molecule has 1 aliphatic rings. The van der Waals surface area contributed by atoms with Gasteiger partial charge in [-0.25, -0.2) is 9.67 Å². The van der Waals surface area contributed by atoms with Crippen molar-refractivity contribution in [1.29, 1.82) is 0 Å². The molecule has 0 fully saturated rings. The smallest absolute Gasteiger partial charge is 0.137 e. The summed E-state index contributed by atoms with van der Waals surface area (Å²) in [6.45, 7) is 18.0. The highest BCUT2D eigenvalue weighted by Crippen LogP contribution is 2.45. The van der Waals surface area contributed by atoms with Crippen LogP contribution in [-0.4, -0.2) is 19.3 Å². The van der Waals surface area contributed by atoms with Crippen molar-refractivity contribution in [3.8, 4) is 23.0 Å². The number of aryl methyl sites for hydroxylation is 3. The lowest BCUT2D eigenvalue weighted by Gasteiger charge is -2.35. The molecule has 0 spiro atoms. The molecule has 3 heterocycles. The Morgan fingerprint density at radius 3 is 2.35 bits per heavy atom. The van der Waals surface area contributed by atoms with Crippen LogP contribution in [0.2, 0.25) is 0 Å². The molecule has 0 amide bonds. The standard InChI is InChI=1S/C41H44N4O/c1-24(2)31-20-27(5)40(28(6)21-31)41-29(7)43-45(30(41)8)32-17-26(4)18-34(22-32)46-33-13-14-36-35-11-9-10-12-37(35)44(38(36)23-33)39-19-25(3)15-16-42-39/h9-20,22-24,28,31,40H,21H2,1-8H3/t28-,31+,40+/m0/s1. The van der Waals surface area contributed by atoms with E-state index in [1.165, 1.54) is 39.6 Å². The molecular formula is C41H44N4O. The van der Waals surface area contributed by atoms with Gasteiger partial charge in [-0.1, -0.05) is 50.6 Å². The molecule has 3 atom stereocenters. The van der Waals surface area contributed by atoms with Gasteiger partial charge in [-0.2, -0.15) is 5.10 Å². The Balaban J connectivity index is 1.27. The van der Waals surface area contributed by atoms with Crippen LogP contribution in [0.25, 0.3) is 33.3 Å². The molecule has 0 aliphatic heterocycles. The Labute approximate surface area is 272 Å². The van der Waals surface area contributed by atoms with Crippen LogP contribution < -0.4 is 4.74 Å². The van der Waals surface area contributed by atoms with Gasteiger partial charge in [-0.15, -0.1) is 0 Å². The summed E-state index contributed by atoms with van der Waals surface area (Å²) in [7, 11) is 0. The number of benzene rings is 3. The van der Waals surface area contributed by atoms with E-state index in [1.54, 1.807) is 0 Å². The molecule has 7 rings (SSSR count). The van der Waals surface area contributed by atoms with Crippen LogP contribution >= 0.6 is 0 Å². The topological polar surface area (TPSA) is 44.9 Å². The molecule has 0 unspecified atom stereocenters. The Bertz CT molecular complexity index is 2130. The van der Waals surface area contributed by atoms with Crippen molar-refractivity contribution >= 4 is 21.8 Å². The van der Waals surface area contributed by atoms with Crippen molar-refractivity contribution in [3.05, 3.63) is 119 Å². The zero-order chi connectivity index (χ0) is 32.3. The summed E-state index contributed by atoms with van der Waals surface area (Å²) in [5.74, 6) is 4.76. The summed E-state index contributed by atoms with van der Waals surface area (Å²) in [5, 5.41) is 7.48. The molecule has 0 radical (unpaired) electrons. The molecular weight excluding hydrogens is 564 g/mol. The second-order valence-electron chi connectivity index (χ2n) is 13.8. The number of pyridine rings is 1. The van der Waals surface area contributed by atoms with Crippen LogP contribution in [0.5, 0.6) is 11.5 Å². The van der Waals surface area contributed by atoms with Gasteiger partial charge in [0.15, 0.2) is 0 Å². The van der Waals surface area contributed by atoms with E-state index in [1.807, 2.05) is 12.3 Å². The first-order valence-corrected chi connectivity index (χ1v) is 16.6. The molecule has 46 heavy (non-hydrogen) atoms. The van der Waals surface area contributed by atoms with Crippen molar-refractivity contribution < 1.29 is 4.74 Å². The fourth-order valence-corrected chi connectivity index (χ4v) is 7.81. The lowest BCUT2D eigenvalue weighted by Crippen LogP contribution is -2.24. The molecule has 0 saturated carbocycles. The number of nitrogens with zero attached hydrogens (tertiary/aromatic N) is 4. The largest absolute Gasteiger partial charge is 0.457 e. The number of rotatable bonds is 6. The van der Waals surface area contributed by atoms with Crippen molar-refractivity contribution in [2.45, 2.75) is 67.7 Å². The monoisotopic (exact) mass is 608 g/mol. The van der Waals surface area contributed by atoms with Crippen molar-refractivity contribution in [2.75, 3.05) is 0 Å². The Hall–Kier alpha value is -4.64. The maximum atomic E-state index is 6.62. The molecule has 6 aromatic rings. The second-order valence-corrected chi connectivity index (χ2v) is 13.8. The van der Waals surface area contributed by atoms with E-state index in [4.69, 9.17) is 14.8 Å². The van der Waals surface area contributed by atoms with E-state index in [2.05, 4.69) is 137 Å². The Morgan fingerprint density at radius 2 is 1.59 bits per heavy atom. The summed E-state index contributed by atoms with van der Waals surface area (Å²) in [5.41, 5.74) is 10.7. The Kier molecular flexibility index (Phi) is 7.59. The van der Waals surface area contributed by atoms with Gasteiger partial charge >= 0.3 is 0 Å². The van der Waals surface area contributed by atoms with E-state index in [9.17, 15) is 0 Å². The molecule has 3 aromatic heterocycles. The second kappa shape index (κ2) is 11.6. The van der Waals surface area contributed by atoms with Crippen molar-refractivity contribution in [1.82, 2.24) is 19.3 Å². The van der Waals surface area contributed by atoms with Gasteiger partial charge in [0.25, 0.3) is 0 Å². The summed E-state index contributed by atoms with van der Waals surface area (Å²) in [6, 6.07) is 25.4. The first-order chi connectivity index (χ1) is 22.1. The molecule has 234 valence electrons. The fraction of sp³-hybridized carbons (Fsp3) is 0.317. The number of aromatic nitrogens is 4. The molecule has 5 nitrogen and oxygen atoms in total. The highest BCUT2D eigenvalue weighted by Gasteiger charge is 2.33. The van der Waals surface area contributed by atoms with Gasteiger partial charge in [0.1, 0.15) is 17.3 Å². The van der Waals surface area contributed by atoms with E-state index in [0.29, 0.717) is 23.7 Å². The average Bonchev–Trinajstić information content (AvgIpc) is 3.49. The first kappa shape index (κ1) is 30.0. The molecule has 1 aliphatic carbocycles. The highest BCUT2D eigenvalue weighted by atomic mass is 16.5. The van der Waals surface area contributed by atoms with E-state index in [-0.39, 0.29) is 0 Å². The maximum absolute atomic E-state index is 6.62. The number of allylic oxidation sites excluding steroid dienone is 2. The normalized spacial score (nSPS) is 18.5. The number of hydrogen-bond acceptors (Lipinski definition) is 3.